The van der Waals surface area contributed by atoms with E-state index in [4.69, 9.17) is 16.8 Å². The van der Waals surface area contributed by atoms with Crippen LogP contribution in [0, 0.1) is 0 Å². The molecule has 0 aliphatic rings. The van der Waals surface area contributed by atoms with E-state index in [-0.39, 0.29) is 28.4 Å². The van der Waals surface area contributed by atoms with Gasteiger partial charge in [0, 0.05) is 12.6 Å². The van der Waals surface area contributed by atoms with Crippen molar-refractivity contribution in [3.05, 3.63) is 63.9 Å². The zero-order valence-electron chi connectivity index (χ0n) is 12.2. The Hall–Kier alpha value is -2.29. The first kappa shape index (κ1) is 19.0. The van der Waals surface area contributed by atoms with Crippen molar-refractivity contribution >= 4 is 17.3 Å². The van der Waals surface area contributed by atoms with Gasteiger partial charge in [-0.2, -0.15) is 26.3 Å². The van der Waals surface area contributed by atoms with E-state index in [0.717, 1.165) is 24.3 Å². The molecule has 3 nitrogen and oxygen atoms in total. The lowest BCUT2D eigenvalue weighted by Gasteiger charge is -2.11. The van der Waals surface area contributed by atoms with Crippen LogP contribution in [0.4, 0.5) is 26.3 Å². The van der Waals surface area contributed by atoms with Crippen LogP contribution in [0.5, 0.6) is 0 Å². The molecule has 0 saturated heterocycles. The van der Waals surface area contributed by atoms with Crippen LogP contribution in [0.3, 0.4) is 0 Å². The third-order valence-corrected chi connectivity index (χ3v) is 3.57. The lowest BCUT2D eigenvalue weighted by molar-refractivity contribution is -0.138. The third kappa shape index (κ3) is 4.62. The summed E-state index contributed by atoms with van der Waals surface area (Å²) in [6.07, 6.45) is -8.83. The average Bonchev–Trinajstić information content (AvgIpc) is 2.52. The van der Waals surface area contributed by atoms with Crippen LogP contribution in [0.2, 0.25) is 5.02 Å². The maximum atomic E-state index is 12.6. The van der Waals surface area contributed by atoms with Crippen LogP contribution in [0.1, 0.15) is 22.4 Å². The van der Waals surface area contributed by atoms with E-state index in [1.165, 1.54) is 0 Å². The van der Waals surface area contributed by atoms with Crippen molar-refractivity contribution in [2.45, 2.75) is 18.8 Å². The topological polar surface area (TPSA) is 45.5 Å². The molecule has 0 radical (unpaired) electrons. The van der Waals surface area contributed by atoms with E-state index in [1.807, 2.05) is 0 Å². The molecule has 1 aromatic carbocycles. The van der Waals surface area contributed by atoms with Gasteiger partial charge in [-0.25, -0.2) is 0 Å². The van der Waals surface area contributed by atoms with Crippen molar-refractivity contribution < 1.29 is 31.5 Å². The first-order valence-electron chi connectivity index (χ1n) is 6.62. The number of benzene rings is 1. The van der Waals surface area contributed by atoms with Crippen LogP contribution in [0.15, 0.2) is 41.7 Å². The summed E-state index contributed by atoms with van der Waals surface area (Å²) in [6, 6.07) is 4.42. The number of hydrogen-bond acceptors (Lipinski definition) is 3. The average molecular weight is 383 g/mol. The molecule has 0 saturated carbocycles. The highest BCUT2D eigenvalue weighted by molar-refractivity contribution is 6.31. The molecule has 1 heterocycles. The number of rotatable bonds is 3. The van der Waals surface area contributed by atoms with Crippen LogP contribution in [0.25, 0.3) is 0 Å². The highest BCUT2D eigenvalue weighted by Crippen LogP contribution is 2.32. The van der Waals surface area contributed by atoms with Gasteiger partial charge in [0.1, 0.15) is 0 Å². The fraction of sp³-hybridized carbons (Fsp3) is 0.200. The Labute approximate surface area is 142 Å². The highest BCUT2D eigenvalue weighted by Gasteiger charge is 2.32. The molecule has 0 atom stereocenters. The number of alkyl halides is 6. The number of oxime groups is 1. The minimum atomic E-state index is -4.61. The summed E-state index contributed by atoms with van der Waals surface area (Å²) >= 11 is 5.76. The Bertz CT molecular complexity index is 784. The normalized spacial score (nSPS) is 13.2. The lowest BCUT2D eigenvalue weighted by atomic mass is 10.0. The monoisotopic (exact) mass is 382 g/mol. The maximum absolute atomic E-state index is 12.6. The van der Waals surface area contributed by atoms with Gasteiger partial charge in [0.2, 0.25) is 0 Å². The van der Waals surface area contributed by atoms with Crippen molar-refractivity contribution in [1.82, 2.24) is 4.98 Å². The van der Waals surface area contributed by atoms with Gasteiger partial charge < -0.3 is 5.21 Å². The predicted octanol–water partition coefficient (Wildman–Crippen LogP) is 5.19. The van der Waals surface area contributed by atoms with Crippen LogP contribution in [-0.2, 0) is 18.8 Å². The van der Waals surface area contributed by atoms with Crippen LogP contribution < -0.4 is 0 Å². The van der Waals surface area contributed by atoms with Gasteiger partial charge in [0.05, 0.1) is 27.6 Å². The Morgan fingerprint density at radius 3 is 2.00 bits per heavy atom. The van der Waals surface area contributed by atoms with Gasteiger partial charge in [-0.05, 0) is 23.8 Å². The Balaban J connectivity index is 2.26. The number of aromatic nitrogens is 1. The third-order valence-electron chi connectivity index (χ3n) is 3.25. The van der Waals surface area contributed by atoms with Crippen LogP contribution in [-0.4, -0.2) is 15.9 Å². The summed E-state index contributed by atoms with van der Waals surface area (Å²) in [5.74, 6) is 0. The molecule has 10 heteroatoms. The smallest absolute Gasteiger partial charge is 0.411 e. The second-order valence-corrected chi connectivity index (χ2v) is 5.36. The number of halogens is 7. The molecule has 25 heavy (non-hydrogen) atoms. The van der Waals surface area contributed by atoms with Gasteiger partial charge >= 0.3 is 12.4 Å². The van der Waals surface area contributed by atoms with Gasteiger partial charge in [0.15, 0.2) is 0 Å². The van der Waals surface area contributed by atoms with E-state index in [2.05, 4.69) is 10.1 Å². The summed E-state index contributed by atoms with van der Waals surface area (Å²) < 4.78 is 75.3. The molecular formula is C15H9ClF6N2O. The number of nitrogens with zero attached hydrogens (tertiary/aromatic N) is 2. The Morgan fingerprint density at radius 2 is 1.56 bits per heavy atom. The highest BCUT2D eigenvalue weighted by atomic mass is 35.5. The summed E-state index contributed by atoms with van der Waals surface area (Å²) in [5.41, 5.74) is -1.89. The Morgan fingerprint density at radius 1 is 1.00 bits per heavy atom. The fourth-order valence-corrected chi connectivity index (χ4v) is 2.19. The quantitative estimate of drug-likeness (QED) is 0.343. The van der Waals surface area contributed by atoms with Crippen molar-refractivity contribution in [1.29, 1.82) is 0 Å². The fourth-order valence-electron chi connectivity index (χ4n) is 1.96. The summed E-state index contributed by atoms with van der Waals surface area (Å²) in [5, 5.41) is 11.7. The zero-order valence-corrected chi connectivity index (χ0v) is 12.9. The first-order chi connectivity index (χ1) is 11.5. The van der Waals surface area contributed by atoms with E-state index >= 15 is 0 Å². The molecule has 0 amide bonds. The van der Waals surface area contributed by atoms with Gasteiger partial charge in [0.25, 0.3) is 0 Å². The molecule has 0 bridgehead atoms. The minimum Gasteiger partial charge on any atom is -0.411 e. The van der Waals surface area contributed by atoms with Crippen molar-refractivity contribution in [2.75, 3.05) is 0 Å². The molecule has 134 valence electrons. The minimum absolute atomic E-state index is 0.0117. The van der Waals surface area contributed by atoms with E-state index in [9.17, 15) is 26.3 Å². The molecule has 0 spiro atoms. The van der Waals surface area contributed by atoms with Crippen molar-refractivity contribution in [3.63, 3.8) is 0 Å². The summed E-state index contributed by atoms with van der Waals surface area (Å²) in [6.45, 7) is 0. The second kappa shape index (κ2) is 6.91. The summed E-state index contributed by atoms with van der Waals surface area (Å²) in [7, 11) is 0. The summed E-state index contributed by atoms with van der Waals surface area (Å²) in [4.78, 5) is 3.59. The van der Waals surface area contributed by atoms with Crippen molar-refractivity contribution in [3.8, 4) is 0 Å². The molecule has 0 unspecified atom stereocenters. The number of hydrogen-bond donors (Lipinski definition) is 1. The SMILES string of the molecule is ON=C(Cc1ncc(C(F)(F)F)cc1Cl)c1ccc(C(F)(F)F)cc1. The zero-order chi connectivity index (χ0) is 18.8. The predicted molar refractivity (Wildman–Crippen MR) is 77.7 cm³/mol. The largest absolute Gasteiger partial charge is 0.417 e. The molecule has 0 aliphatic heterocycles. The number of pyridine rings is 1. The van der Waals surface area contributed by atoms with Crippen LogP contribution >= 0.6 is 11.6 Å². The van der Waals surface area contributed by atoms with Gasteiger partial charge in [-0.15, -0.1) is 0 Å². The Kier molecular flexibility index (Phi) is 5.26. The molecule has 0 fully saturated rings. The molecular weight excluding hydrogens is 374 g/mol. The molecule has 1 aromatic heterocycles. The van der Waals surface area contributed by atoms with E-state index in [0.29, 0.717) is 12.3 Å². The van der Waals surface area contributed by atoms with Gasteiger partial charge in [-0.1, -0.05) is 28.9 Å². The molecule has 1 N–H and O–H groups in total. The van der Waals surface area contributed by atoms with Crippen molar-refractivity contribution in [2.24, 2.45) is 5.16 Å². The van der Waals surface area contributed by atoms with Gasteiger partial charge in [-0.3, -0.25) is 4.98 Å². The lowest BCUT2D eigenvalue weighted by Crippen LogP contribution is -2.11. The van der Waals surface area contributed by atoms with E-state index < -0.39 is 23.5 Å². The maximum Gasteiger partial charge on any atom is 0.417 e. The molecule has 0 aliphatic carbocycles. The van der Waals surface area contributed by atoms with E-state index in [1.54, 1.807) is 0 Å². The molecule has 2 rings (SSSR count). The standard InChI is InChI=1S/C15H9ClF6N2O/c16-11-5-10(15(20,21)22)7-23-13(11)6-12(24-25)8-1-3-9(4-2-8)14(17,18)19/h1-5,7,25H,6H2. The second-order valence-electron chi connectivity index (χ2n) is 4.95. The first-order valence-corrected chi connectivity index (χ1v) is 7.00. The molecule has 2 aromatic rings.